The molecule has 2 N–H and O–H groups in total. The van der Waals surface area contributed by atoms with E-state index in [1.54, 1.807) is 0 Å². The molecule has 7 heteroatoms. The largest absolute Gasteiger partial charge is 0.378 e. The van der Waals surface area contributed by atoms with Crippen molar-refractivity contribution in [2.75, 3.05) is 37.0 Å². The highest BCUT2D eigenvalue weighted by atomic mass is 35.5. The molecule has 27 heavy (non-hydrogen) atoms. The van der Waals surface area contributed by atoms with Crippen LogP contribution in [0.15, 0.2) is 54.6 Å². The van der Waals surface area contributed by atoms with Gasteiger partial charge in [-0.2, -0.15) is 0 Å². The van der Waals surface area contributed by atoms with Gasteiger partial charge in [0, 0.05) is 32.6 Å². The number of hydrogen-bond acceptors (Lipinski definition) is 4. The molecule has 1 saturated heterocycles. The van der Waals surface area contributed by atoms with Gasteiger partial charge in [0.05, 0.1) is 24.6 Å². The molecule has 1 amide bonds. The Bertz CT molecular complexity index is 695. The second-order valence-electron chi connectivity index (χ2n) is 6.34. The molecule has 0 aromatic heterocycles. The maximum Gasteiger partial charge on any atom is 0.226 e. The van der Waals surface area contributed by atoms with E-state index in [1.807, 2.05) is 49.5 Å². The third-order valence-corrected chi connectivity index (χ3v) is 4.28. The zero-order valence-electron chi connectivity index (χ0n) is 15.4. The molecule has 0 aliphatic carbocycles. The molecule has 148 valence electrons. The minimum absolute atomic E-state index is 0. The van der Waals surface area contributed by atoms with Crippen LogP contribution in [0.3, 0.4) is 0 Å². The molecule has 2 aromatic carbocycles. The molecule has 1 heterocycles. The lowest BCUT2D eigenvalue weighted by Crippen LogP contribution is -2.43. The zero-order valence-corrected chi connectivity index (χ0v) is 17.0. The van der Waals surface area contributed by atoms with Crippen molar-refractivity contribution in [3.05, 3.63) is 60.2 Å². The van der Waals surface area contributed by atoms with Crippen molar-refractivity contribution in [1.29, 1.82) is 0 Å². The number of benzene rings is 2. The number of nitrogens with one attached hydrogen (secondary N) is 2. The van der Waals surface area contributed by atoms with E-state index in [-0.39, 0.29) is 36.8 Å². The van der Waals surface area contributed by atoms with E-state index in [9.17, 15) is 4.79 Å². The quantitative estimate of drug-likeness (QED) is 0.763. The van der Waals surface area contributed by atoms with E-state index in [1.165, 1.54) is 5.56 Å². The Morgan fingerprint density at radius 3 is 2.56 bits per heavy atom. The number of carbonyl (C=O) groups is 1. The molecule has 1 aliphatic rings. The summed E-state index contributed by atoms with van der Waals surface area (Å²) in [5.41, 5.74) is 3.07. The third kappa shape index (κ3) is 7.03. The van der Waals surface area contributed by atoms with Crippen LogP contribution in [0, 0.1) is 0 Å². The number of carbonyl (C=O) groups excluding carboxylic acids is 1. The maximum atomic E-state index is 12.4. The van der Waals surface area contributed by atoms with Gasteiger partial charge in [-0.1, -0.05) is 42.5 Å². The van der Waals surface area contributed by atoms with Crippen LogP contribution < -0.4 is 15.5 Å². The molecule has 0 bridgehead atoms. The van der Waals surface area contributed by atoms with Crippen LogP contribution >= 0.6 is 24.8 Å². The summed E-state index contributed by atoms with van der Waals surface area (Å²) in [4.78, 5) is 14.5. The van der Waals surface area contributed by atoms with Gasteiger partial charge < -0.3 is 20.3 Å². The van der Waals surface area contributed by atoms with Gasteiger partial charge in [0.25, 0.3) is 0 Å². The summed E-state index contributed by atoms with van der Waals surface area (Å²) in [7, 11) is 2.04. The second kappa shape index (κ2) is 11.8. The van der Waals surface area contributed by atoms with Gasteiger partial charge >= 0.3 is 0 Å². The lowest BCUT2D eigenvalue weighted by Gasteiger charge is -2.25. The highest BCUT2D eigenvalue weighted by molar-refractivity contribution is 5.94. The first-order valence-electron chi connectivity index (χ1n) is 8.67. The zero-order chi connectivity index (χ0) is 17.5. The number of amides is 1. The van der Waals surface area contributed by atoms with E-state index in [4.69, 9.17) is 4.74 Å². The van der Waals surface area contributed by atoms with Gasteiger partial charge in [-0.3, -0.25) is 4.79 Å². The van der Waals surface area contributed by atoms with Crippen LogP contribution in [0.1, 0.15) is 12.0 Å². The first kappa shape index (κ1) is 23.2. The van der Waals surface area contributed by atoms with Crippen molar-refractivity contribution in [3.63, 3.8) is 0 Å². The normalized spacial score (nSPS) is 15.8. The van der Waals surface area contributed by atoms with Crippen LogP contribution in [0.5, 0.6) is 0 Å². The Labute approximate surface area is 173 Å². The average Bonchev–Trinajstić information content (AvgIpc) is 2.63. The van der Waals surface area contributed by atoms with E-state index in [0.717, 1.165) is 24.5 Å². The number of rotatable bonds is 6. The molecule has 1 aliphatic heterocycles. The topological polar surface area (TPSA) is 53.6 Å². The van der Waals surface area contributed by atoms with Gasteiger partial charge in [0.2, 0.25) is 5.91 Å². The summed E-state index contributed by atoms with van der Waals surface area (Å²) >= 11 is 0. The van der Waals surface area contributed by atoms with Crippen LogP contribution in [0.25, 0.3) is 0 Å². The molecule has 1 atom stereocenters. The standard InChI is InChI=1S/C20H25N3O2.2ClH/c1-23(14-16-7-3-2-4-8-16)19-10-6-5-9-18(19)22-20(24)13-17-15-25-12-11-21-17;;/h2-10,17,21H,11-15H2,1H3,(H,22,24);2*1H. The summed E-state index contributed by atoms with van der Waals surface area (Å²) in [5.74, 6) is 0.00330. The van der Waals surface area contributed by atoms with E-state index < -0.39 is 0 Å². The van der Waals surface area contributed by atoms with Crippen LogP contribution in [-0.4, -0.2) is 38.8 Å². The number of para-hydroxylation sites is 2. The Kier molecular flexibility index (Phi) is 10.2. The Morgan fingerprint density at radius 2 is 1.85 bits per heavy atom. The number of morpholine rings is 1. The second-order valence-corrected chi connectivity index (χ2v) is 6.34. The fraction of sp³-hybridized carbons (Fsp3) is 0.350. The molecule has 0 spiro atoms. The lowest BCUT2D eigenvalue weighted by atomic mass is 10.1. The Morgan fingerprint density at radius 1 is 1.15 bits per heavy atom. The van der Waals surface area contributed by atoms with Crippen molar-refractivity contribution in [1.82, 2.24) is 5.32 Å². The fourth-order valence-corrected chi connectivity index (χ4v) is 3.03. The minimum atomic E-state index is 0. The predicted molar refractivity (Wildman–Crippen MR) is 115 cm³/mol. The molecule has 5 nitrogen and oxygen atoms in total. The third-order valence-electron chi connectivity index (χ3n) is 4.28. The number of hydrogen-bond donors (Lipinski definition) is 2. The summed E-state index contributed by atoms with van der Waals surface area (Å²) in [6.07, 6.45) is 0.413. The molecule has 1 unspecified atom stereocenters. The summed E-state index contributed by atoms with van der Waals surface area (Å²) in [5, 5.41) is 6.36. The van der Waals surface area contributed by atoms with Crippen molar-refractivity contribution in [2.45, 2.75) is 19.0 Å². The van der Waals surface area contributed by atoms with Crippen LogP contribution in [0.2, 0.25) is 0 Å². The smallest absolute Gasteiger partial charge is 0.226 e. The SMILES string of the molecule is CN(Cc1ccccc1)c1ccccc1NC(=O)CC1COCCN1.Cl.Cl. The number of ether oxygens (including phenoxy) is 1. The van der Waals surface area contributed by atoms with Gasteiger partial charge in [0.15, 0.2) is 0 Å². The van der Waals surface area contributed by atoms with Crippen molar-refractivity contribution >= 4 is 42.1 Å². The van der Waals surface area contributed by atoms with Crippen LogP contribution in [-0.2, 0) is 16.1 Å². The van der Waals surface area contributed by atoms with Gasteiger partial charge in [-0.25, -0.2) is 0 Å². The van der Waals surface area contributed by atoms with E-state index in [0.29, 0.717) is 19.6 Å². The Balaban J connectivity index is 0.00000182. The van der Waals surface area contributed by atoms with E-state index >= 15 is 0 Å². The molecular formula is C20H27Cl2N3O2. The Hall–Kier alpha value is -1.79. The first-order valence-corrected chi connectivity index (χ1v) is 8.67. The van der Waals surface area contributed by atoms with Crippen molar-refractivity contribution < 1.29 is 9.53 Å². The minimum Gasteiger partial charge on any atom is -0.378 e. The molecular weight excluding hydrogens is 385 g/mol. The summed E-state index contributed by atoms with van der Waals surface area (Å²) < 4.78 is 5.41. The highest BCUT2D eigenvalue weighted by Gasteiger charge is 2.18. The van der Waals surface area contributed by atoms with Gasteiger partial charge in [0.1, 0.15) is 0 Å². The molecule has 3 rings (SSSR count). The average molecular weight is 412 g/mol. The highest BCUT2D eigenvalue weighted by Crippen LogP contribution is 2.26. The molecule has 0 radical (unpaired) electrons. The van der Waals surface area contributed by atoms with Gasteiger partial charge in [-0.05, 0) is 17.7 Å². The van der Waals surface area contributed by atoms with Gasteiger partial charge in [-0.15, -0.1) is 24.8 Å². The molecule has 0 saturated carbocycles. The molecule has 1 fully saturated rings. The fourth-order valence-electron chi connectivity index (χ4n) is 3.03. The first-order chi connectivity index (χ1) is 12.2. The van der Waals surface area contributed by atoms with Crippen molar-refractivity contribution in [3.8, 4) is 0 Å². The summed E-state index contributed by atoms with van der Waals surface area (Å²) in [6.45, 7) is 2.88. The lowest BCUT2D eigenvalue weighted by molar-refractivity contribution is -0.117. The maximum absolute atomic E-state index is 12.4. The molecule has 2 aromatic rings. The predicted octanol–water partition coefficient (Wildman–Crippen LogP) is 3.48. The number of halogens is 2. The monoisotopic (exact) mass is 411 g/mol. The van der Waals surface area contributed by atoms with Crippen LogP contribution in [0.4, 0.5) is 11.4 Å². The number of anilines is 2. The van der Waals surface area contributed by atoms with E-state index in [2.05, 4.69) is 27.7 Å². The summed E-state index contributed by atoms with van der Waals surface area (Å²) in [6, 6.07) is 18.3. The van der Waals surface area contributed by atoms with Crippen molar-refractivity contribution in [2.24, 2.45) is 0 Å². The number of nitrogens with zero attached hydrogens (tertiary/aromatic N) is 1.